The summed E-state index contributed by atoms with van der Waals surface area (Å²) in [5, 5.41) is 2.72. The number of guanidine groups is 1. The van der Waals surface area contributed by atoms with Crippen LogP contribution >= 0.6 is 0 Å². The van der Waals surface area contributed by atoms with Gasteiger partial charge in [-0.25, -0.2) is 9.59 Å². The lowest BCUT2D eigenvalue weighted by Gasteiger charge is -2.36. The van der Waals surface area contributed by atoms with Crippen molar-refractivity contribution in [2.45, 2.75) is 65.6 Å². The fourth-order valence-corrected chi connectivity index (χ4v) is 2.48. The van der Waals surface area contributed by atoms with Crippen LogP contribution in [0.2, 0.25) is 0 Å². The molecular weight excluding hydrogens is 362 g/mol. The third-order valence-electron chi connectivity index (χ3n) is 3.78. The van der Waals surface area contributed by atoms with Gasteiger partial charge in [0.25, 0.3) is 0 Å². The van der Waals surface area contributed by atoms with Crippen molar-refractivity contribution in [2.75, 3.05) is 39.3 Å². The molecule has 1 fully saturated rings. The zero-order valence-corrected chi connectivity index (χ0v) is 18.2. The molecule has 1 rings (SSSR count). The molecule has 9 heteroatoms. The number of hydrogen-bond acceptors (Lipinski definition) is 5. The number of nitrogens with zero attached hydrogens (tertiary/aromatic N) is 3. The molecule has 0 atom stereocenters. The average Bonchev–Trinajstić information content (AvgIpc) is 2.54. The quantitative estimate of drug-likeness (QED) is 0.416. The first-order valence-corrected chi connectivity index (χ1v) is 9.87. The predicted molar refractivity (Wildman–Crippen MR) is 109 cm³/mol. The topological polar surface area (TPSA) is 109 Å². The third-order valence-corrected chi connectivity index (χ3v) is 3.78. The van der Waals surface area contributed by atoms with Crippen LogP contribution < -0.4 is 11.1 Å². The lowest BCUT2D eigenvalue weighted by atomic mass is 10.2. The Labute approximate surface area is 168 Å². The Morgan fingerprint density at radius 3 is 2.00 bits per heavy atom. The molecule has 3 N–H and O–H groups in total. The maximum absolute atomic E-state index is 12.1. The maximum Gasteiger partial charge on any atom is 0.410 e. The molecule has 162 valence electrons. The summed E-state index contributed by atoms with van der Waals surface area (Å²) in [6, 6.07) is 0. The first-order valence-electron chi connectivity index (χ1n) is 9.87. The molecule has 0 radical (unpaired) electrons. The van der Waals surface area contributed by atoms with Crippen LogP contribution in [0.25, 0.3) is 0 Å². The second kappa shape index (κ2) is 10.4. The number of carbonyl (C=O) groups excluding carboxylic acids is 2. The first kappa shape index (κ1) is 23.8. The summed E-state index contributed by atoms with van der Waals surface area (Å²) >= 11 is 0. The van der Waals surface area contributed by atoms with Crippen LogP contribution in [0.3, 0.4) is 0 Å². The first-order chi connectivity index (χ1) is 12.9. The van der Waals surface area contributed by atoms with Gasteiger partial charge >= 0.3 is 12.2 Å². The highest BCUT2D eigenvalue weighted by atomic mass is 16.6. The number of nitrogens with two attached hydrogens (primary N) is 1. The van der Waals surface area contributed by atoms with Crippen molar-refractivity contribution in [2.24, 2.45) is 10.7 Å². The molecule has 1 saturated heterocycles. The largest absolute Gasteiger partial charge is 0.444 e. The van der Waals surface area contributed by atoms with Gasteiger partial charge in [-0.2, -0.15) is 0 Å². The van der Waals surface area contributed by atoms with Crippen molar-refractivity contribution >= 4 is 18.1 Å². The number of alkyl carbamates (subject to hydrolysis) is 1. The Balaban J connectivity index is 2.22. The molecule has 0 aliphatic carbocycles. The highest BCUT2D eigenvalue weighted by Gasteiger charge is 2.26. The van der Waals surface area contributed by atoms with E-state index in [1.54, 1.807) is 4.90 Å². The van der Waals surface area contributed by atoms with Gasteiger partial charge in [0.2, 0.25) is 0 Å². The molecule has 28 heavy (non-hydrogen) atoms. The summed E-state index contributed by atoms with van der Waals surface area (Å²) in [5.41, 5.74) is 5.07. The van der Waals surface area contributed by atoms with Crippen molar-refractivity contribution in [3.8, 4) is 0 Å². The van der Waals surface area contributed by atoms with Crippen LogP contribution in [0.1, 0.15) is 54.4 Å². The van der Waals surface area contributed by atoms with Gasteiger partial charge in [0.1, 0.15) is 11.2 Å². The minimum absolute atomic E-state index is 0.292. The van der Waals surface area contributed by atoms with E-state index in [0.717, 1.165) is 12.8 Å². The van der Waals surface area contributed by atoms with Gasteiger partial charge in [0, 0.05) is 39.3 Å². The highest BCUT2D eigenvalue weighted by molar-refractivity contribution is 5.78. The van der Waals surface area contributed by atoms with E-state index >= 15 is 0 Å². The molecule has 0 saturated carbocycles. The summed E-state index contributed by atoms with van der Waals surface area (Å²) in [4.78, 5) is 31.7. The van der Waals surface area contributed by atoms with Gasteiger partial charge < -0.3 is 30.3 Å². The van der Waals surface area contributed by atoms with Crippen LogP contribution in [0.5, 0.6) is 0 Å². The minimum Gasteiger partial charge on any atom is -0.444 e. The van der Waals surface area contributed by atoms with E-state index in [1.807, 2.05) is 46.4 Å². The SMILES string of the molecule is CC(C)(C)OC(=O)NCCCCN=C(N)N1CCN(C(=O)OC(C)(C)C)CC1. The fourth-order valence-electron chi connectivity index (χ4n) is 2.48. The average molecular weight is 400 g/mol. The van der Waals surface area contributed by atoms with Crippen molar-refractivity contribution in [1.82, 2.24) is 15.1 Å². The lowest BCUT2D eigenvalue weighted by molar-refractivity contribution is 0.0186. The molecule has 0 aromatic rings. The molecule has 0 bridgehead atoms. The third kappa shape index (κ3) is 10.2. The smallest absolute Gasteiger partial charge is 0.410 e. The Hall–Kier alpha value is -2.19. The number of rotatable bonds is 5. The van der Waals surface area contributed by atoms with Crippen LogP contribution in [0, 0.1) is 0 Å². The Bertz CT molecular complexity index is 544. The number of piperazine rings is 1. The predicted octanol–water partition coefficient (Wildman–Crippen LogP) is 2.16. The van der Waals surface area contributed by atoms with E-state index in [-0.39, 0.29) is 6.09 Å². The zero-order valence-electron chi connectivity index (χ0n) is 18.2. The Morgan fingerprint density at radius 2 is 1.46 bits per heavy atom. The summed E-state index contributed by atoms with van der Waals surface area (Å²) < 4.78 is 10.6. The molecule has 0 unspecified atom stereocenters. The summed E-state index contributed by atoms with van der Waals surface area (Å²) in [7, 11) is 0. The van der Waals surface area contributed by atoms with E-state index in [1.165, 1.54) is 0 Å². The standard InChI is InChI=1S/C19H37N5O4/c1-18(2,3)27-16(25)22-10-8-7-9-21-15(20)23-11-13-24(14-12-23)17(26)28-19(4,5)6/h7-14H2,1-6H3,(H2,20,21)(H,22,25). The Kier molecular flexibility index (Phi) is 8.84. The summed E-state index contributed by atoms with van der Waals surface area (Å²) in [6.45, 7) is 14.6. The van der Waals surface area contributed by atoms with E-state index in [9.17, 15) is 9.59 Å². The van der Waals surface area contributed by atoms with Crippen LogP contribution in [-0.4, -0.2) is 78.4 Å². The molecule has 0 spiro atoms. The van der Waals surface area contributed by atoms with Gasteiger partial charge in [-0.15, -0.1) is 0 Å². The van der Waals surface area contributed by atoms with Gasteiger partial charge in [-0.3, -0.25) is 4.99 Å². The molecule has 1 heterocycles. The molecule has 1 aliphatic heterocycles. The summed E-state index contributed by atoms with van der Waals surface area (Å²) in [6.07, 6.45) is 0.912. The molecular formula is C19H37N5O4. The normalized spacial score (nSPS) is 16.0. The maximum atomic E-state index is 12.1. The second-order valence-corrected chi connectivity index (χ2v) is 8.83. The monoisotopic (exact) mass is 399 g/mol. The van der Waals surface area contributed by atoms with Crippen LogP contribution in [0.4, 0.5) is 9.59 Å². The lowest BCUT2D eigenvalue weighted by Crippen LogP contribution is -2.53. The van der Waals surface area contributed by atoms with Gasteiger partial charge in [-0.05, 0) is 54.4 Å². The Morgan fingerprint density at radius 1 is 0.929 bits per heavy atom. The van der Waals surface area contributed by atoms with Crippen molar-refractivity contribution in [1.29, 1.82) is 0 Å². The number of aliphatic imine (C=N–C) groups is 1. The molecule has 1 aliphatic rings. The van der Waals surface area contributed by atoms with E-state index in [4.69, 9.17) is 15.2 Å². The van der Waals surface area contributed by atoms with Crippen molar-refractivity contribution < 1.29 is 19.1 Å². The number of unbranched alkanes of at least 4 members (excludes halogenated alkanes) is 1. The summed E-state index contributed by atoms with van der Waals surface area (Å²) in [5.74, 6) is 0.490. The molecule has 0 aromatic heterocycles. The van der Waals surface area contributed by atoms with Gasteiger partial charge in [0.15, 0.2) is 5.96 Å². The fraction of sp³-hybridized carbons (Fsp3) is 0.842. The highest BCUT2D eigenvalue weighted by Crippen LogP contribution is 2.12. The van der Waals surface area contributed by atoms with E-state index < -0.39 is 17.3 Å². The van der Waals surface area contributed by atoms with Gasteiger partial charge in [0.05, 0.1) is 0 Å². The number of amides is 2. The minimum atomic E-state index is -0.493. The van der Waals surface area contributed by atoms with E-state index in [2.05, 4.69) is 10.3 Å². The number of carbonyl (C=O) groups is 2. The van der Waals surface area contributed by atoms with Crippen molar-refractivity contribution in [3.63, 3.8) is 0 Å². The van der Waals surface area contributed by atoms with Crippen molar-refractivity contribution in [3.05, 3.63) is 0 Å². The molecule has 2 amide bonds. The van der Waals surface area contributed by atoms with E-state index in [0.29, 0.717) is 45.2 Å². The van der Waals surface area contributed by atoms with Crippen LogP contribution in [0.15, 0.2) is 4.99 Å². The number of ether oxygens (including phenoxy) is 2. The van der Waals surface area contributed by atoms with Crippen LogP contribution in [-0.2, 0) is 9.47 Å². The number of nitrogens with one attached hydrogen (secondary N) is 1. The number of hydrogen-bond donors (Lipinski definition) is 2. The van der Waals surface area contributed by atoms with Gasteiger partial charge in [-0.1, -0.05) is 0 Å². The zero-order chi connectivity index (χ0) is 21.4. The second-order valence-electron chi connectivity index (χ2n) is 8.83. The molecule has 9 nitrogen and oxygen atoms in total. The molecule has 0 aromatic carbocycles.